The average molecular weight is 475 g/mol. The van der Waals surface area contributed by atoms with Gasteiger partial charge >= 0.3 is 17.1 Å². The molecule has 1 saturated carbocycles. The third kappa shape index (κ3) is 2.90. The number of anilines is 1. The molecule has 3 aromatic rings. The molecule has 2 bridgehead atoms. The van der Waals surface area contributed by atoms with Crippen LogP contribution in [0.15, 0.2) is 75.4 Å². The highest BCUT2D eigenvalue weighted by atomic mass is 16.6. The van der Waals surface area contributed by atoms with E-state index < -0.39 is 38.6 Å². The van der Waals surface area contributed by atoms with Crippen LogP contribution >= 0.6 is 0 Å². The number of nitro benzene ring substituents is 2. The average Bonchev–Trinajstić information content (AvgIpc) is 3.11. The molecule has 4 aliphatic rings. The van der Waals surface area contributed by atoms with Gasteiger partial charge in [0, 0.05) is 23.6 Å². The number of nitrogens with one attached hydrogen (secondary N) is 1. The Bertz CT molecular complexity index is 1580. The van der Waals surface area contributed by atoms with E-state index in [1.807, 2.05) is 12.2 Å². The Morgan fingerprint density at radius 1 is 0.914 bits per heavy atom. The van der Waals surface area contributed by atoms with Gasteiger partial charge in [-0.05, 0) is 24.6 Å². The van der Waals surface area contributed by atoms with Gasteiger partial charge < -0.3 is 0 Å². The molecule has 1 aromatic heterocycles. The summed E-state index contributed by atoms with van der Waals surface area (Å²) in [5.41, 5.74) is 2.20. The van der Waals surface area contributed by atoms with Gasteiger partial charge in [0.1, 0.15) is 5.69 Å². The predicted molar refractivity (Wildman–Crippen MR) is 124 cm³/mol. The van der Waals surface area contributed by atoms with Crippen LogP contribution in [0.5, 0.6) is 0 Å². The summed E-state index contributed by atoms with van der Waals surface area (Å²) in [4.78, 5) is 47.4. The minimum absolute atomic E-state index is 0.0253. The topological polar surface area (TPSA) is 160 Å². The molecule has 13 nitrogen and oxygen atoms in total. The molecule has 0 spiro atoms. The number of hydrogen-bond acceptors (Lipinski definition) is 8. The van der Waals surface area contributed by atoms with Crippen molar-refractivity contribution < 1.29 is 9.85 Å². The first-order valence-electron chi connectivity index (χ1n) is 10.8. The van der Waals surface area contributed by atoms with Crippen LogP contribution in [0, 0.1) is 32.1 Å². The monoisotopic (exact) mass is 475 g/mol. The molecule has 2 aliphatic heterocycles. The lowest BCUT2D eigenvalue weighted by Crippen LogP contribution is -2.57. The zero-order valence-electron chi connectivity index (χ0n) is 17.9. The first-order chi connectivity index (χ1) is 16.9. The van der Waals surface area contributed by atoms with Crippen molar-refractivity contribution in [2.75, 3.05) is 5.43 Å². The predicted octanol–water partition coefficient (Wildman–Crippen LogP) is 2.39. The van der Waals surface area contributed by atoms with Crippen molar-refractivity contribution in [3.63, 3.8) is 0 Å². The Balaban J connectivity index is 1.35. The summed E-state index contributed by atoms with van der Waals surface area (Å²) in [6, 6.07) is 11.3. The number of nitro groups is 2. The second-order valence-corrected chi connectivity index (χ2v) is 8.62. The Hall–Kier alpha value is -4.81. The number of allylic oxidation sites excluding steroid dienone is 2. The van der Waals surface area contributed by atoms with E-state index in [-0.39, 0.29) is 23.6 Å². The molecule has 0 radical (unpaired) electrons. The largest absolute Gasteiger partial charge is 0.352 e. The van der Waals surface area contributed by atoms with Crippen molar-refractivity contribution in [1.82, 2.24) is 13.9 Å². The highest BCUT2D eigenvalue weighted by molar-refractivity contribution is 5.94. The van der Waals surface area contributed by atoms with Gasteiger partial charge in [0.05, 0.1) is 33.7 Å². The van der Waals surface area contributed by atoms with Gasteiger partial charge in [-0.1, -0.05) is 30.4 Å². The van der Waals surface area contributed by atoms with Crippen molar-refractivity contribution >= 4 is 22.8 Å². The van der Waals surface area contributed by atoms with E-state index in [0.717, 1.165) is 16.7 Å². The second-order valence-electron chi connectivity index (χ2n) is 8.62. The third-order valence-corrected chi connectivity index (χ3v) is 6.90. The summed E-state index contributed by atoms with van der Waals surface area (Å²) in [6.45, 7) is 0. The fourth-order valence-electron chi connectivity index (χ4n) is 5.30. The highest BCUT2D eigenvalue weighted by Crippen LogP contribution is 2.52. The number of rotatable bonds is 5. The minimum atomic E-state index is -0.713. The van der Waals surface area contributed by atoms with Crippen LogP contribution < -0.4 is 16.8 Å². The molecule has 1 fully saturated rings. The highest BCUT2D eigenvalue weighted by Gasteiger charge is 2.55. The van der Waals surface area contributed by atoms with Crippen LogP contribution in [0.1, 0.15) is 18.5 Å². The Labute approximate surface area is 195 Å². The first-order valence-corrected chi connectivity index (χ1v) is 10.8. The summed E-state index contributed by atoms with van der Waals surface area (Å²) >= 11 is 0. The smallest absolute Gasteiger partial charge is 0.272 e. The van der Waals surface area contributed by atoms with Crippen LogP contribution in [-0.2, 0) is 0 Å². The lowest BCUT2D eigenvalue weighted by Gasteiger charge is -2.52. The number of para-hydroxylation sites is 1. The van der Waals surface area contributed by atoms with Crippen molar-refractivity contribution in [3.05, 3.63) is 102 Å². The standard InChI is InChI=1S/C22H17N7O6/c30-21-25(12-4-2-1-3-5-12)22(31)27-18-9-8-17(26(21)27)14-11-16(20(14)18)24-23-15-7-6-13(28(32)33)10-19(15)29(34)35/h1-10,14,17-18,20,23H,11H2/b24-16-/t14-,17-,18+,20-/m1/s1. The molecule has 0 amide bonds. The van der Waals surface area contributed by atoms with Crippen LogP contribution in [0.4, 0.5) is 17.1 Å². The number of benzene rings is 2. The van der Waals surface area contributed by atoms with Crippen LogP contribution in [0.2, 0.25) is 0 Å². The summed E-state index contributed by atoms with van der Waals surface area (Å²) in [5, 5.41) is 26.7. The molecule has 35 heavy (non-hydrogen) atoms. The number of aromatic nitrogens is 3. The van der Waals surface area contributed by atoms with E-state index in [0.29, 0.717) is 17.8 Å². The van der Waals surface area contributed by atoms with E-state index in [1.165, 1.54) is 15.4 Å². The third-order valence-electron chi connectivity index (χ3n) is 6.90. The maximum Gasteiger partial charge on any atom is 0.352 e. The number of non-ortho nitro benzene ring substituents is 1. The molecule has 13 heteroatoms. The molecule has 2 aromatic carbocycles. The normalized spacial score (nSPS) is 24.5. The Morgan fingerprint density at radius 3 is 2.29 bits per heavy atom. The van der Waals surface area contributed by atoms with Crippen LogP contribution in [0.25, 0.3) is 5.69 Å². The number of hydrazone groups is 1. The molecule has 1 N–H and O–H groups in total. The van der Waals surface area contributed by atoms with Gasteiger partial charge in [0.25, 0.3) is 5.69 Å². The van der Waals surface area contributed by atoms with Gasteiger partial charge in [-0.2, -0.15) is 5.10 Å². The van der Waals surface area contributed by atoms with E-state index in [9.17, 15) is 29.8 Å². The maximum absolute atomic E-state index is 13.3. The van der Waals surface area contributed by atoms with E-state index in [4.69, 9.17) is 0 Å². The van der Waals surface area contributed by atoms with Gasteiger partial charge in [0.2, 0.25) is 0 Å². The molecule has 176 valence electrons. The molecule has 3 heterocycles. The molecule has 4 atom stereocenters. The fraction of sp³-hybridized carbons (Fsp3) is 0.227. The molecule has 2 aliphatic carbocycles. The summed E-state index contributed by atoms with van der Waals surface area (Å²) in [7, 11) is 0. The Kier molecular flexibility index (Phi) is 4.36. The zero-order valence-corrected chi connectivity index (χ0v) is 17.9. The van der Waals surface area contributed by atoms with E-state index >= 15 is 0 Å². The van der Waals surface area contributed by atoms with Crippen molar-refractivity contribution in [2.45, 2.75) is 18.5 Å². The maximum atomic E-state index is 13.3. The second kappa shape index (κ2) is 7.35. The van der Waals surface area contributed by atoms with Crippen molar-refractivity contribution in [3.8, 4) is 5.69 Å². The summed E-state index contributed by atoms with van der Waals surface area (Å²) in [5.74, 6) is -0.0977. The SMILES string of the molecule is O=c1n(-c2ccccc2)c(=O)n2n1[C@@H]1C=C[C@H]2[C@H]2/C(=N\Nc3ccc([N+](=O)[O-])cc3[N+](=O)[O-])C[C@@H]21. The molecular weight excluding hydrogens is 458 g/mol. The minimum Gasteiger partial charge on any atom is -0.272 e. The molecular formula is C22H17N7O6. The Morgan fingerprint density at radius 2 is 1.60 bits per heavy atom. The quantitative estimate of drug-likeness (QED) is 0.337. The van der Waals surface area contributed by atoms with Crippen molar-refractivity contribution in [1.29, 1.82) is 0 Å². The summed E-state index contributed by atoms with van der Waals surface area (Å²) in [6.07, 6.45) is 4.37. The fourth-order valence-corrected chi connectivity index (χ4v) is 5.30. The molecule has 7 rings (SSSR count). The van der Waals surface area contributed by atoms with Crippen LogP contribution in [0.3, 0.4) is 0 Å². The van der Waals surface area contributed by atoms with Gasteiger partial charge in [-0.3, -0.25) is 25.7 Å². The van der Waals surface area contributed by atoms with Gasteiger partial charge in [-0.15, -0.1) is 0 Å². The summed E-state index contributed by atoms with van der Waals surface area (Å²) < 4.78 is 4.13. The molecule has 0 saturated heterocycles. The number of nitrogens with zero attached hydrogens (tertiary/aromatic N) is 6. The van der Waals surface area contributed by atoms with Gasteiger partial charge in [0.15, 0.2) is 0 Å². The van der Waals surface area contributed by atoms with E-state index in [1.54, 1.807) is 30.3 Å². The van der Waals surface area contributed by atoms with Crippen molar-refractivity contribution in [2.24, 2.45) is 16.9 Å². The molecule has 0 unspecified atom stereocenters. The zero-order chi connectivity index (χ0) is 24.4. The number of hydrogen-bond donors (Lipinski definition) is 1. The first kappa shape index (κ1) is 20.8. The van der Waals surface area contributed by atoms with Gasteiger partial charge in [-0.25, -0.2) is 23.5 Å². The lowest BCUT2D eigenvalue weighted by atomic mass is 9.61. The lowest BCUT2D eigenvalue weighted by molar-refractivity contribution is -0.393. The van der Waals surface area contributed by atoms with Crippen LogP contribution in [-0.4, -0.2) is 29.5 Å². The van der Waals surface area contributed by atoms with E-state index in [2.05, 4.69) is 10.5 Å².